The van der Waals surface area contributed by atoms with Crippen molar-refractivity contribution in [1.82, 2.24) is 24.6 Å². The molecule has 1 N–H and O–H groups in total. The normalized spacial score (nSPS) is 11.0. The minimum Gasteiger partial charge on any atom is -0.493 e. The van der Waals surface area contributed by atoms with E-state index in [4.69, 9.17) is 26.1 Å². The molecular formula is C25H27ClN6O2. The third-order valence-corrected chi connectivity index (χ3v) is 5.54. The maximum atomic E-state index is 6.14. The second-order valence-corrected chi connectivity index (χ2v) is 8.34. The molecule has 0 spiro atoms. The largest absolute Gasteiger partial charge is 0.493 e. The van der Waals surface area contributed by atoms with Gasteiger partial charge in [-0.05, 0) is 44.4 Å². The maximum absolute atomic E-state index is 6.14. The molecule has 0 bridgehead atoms. The summed E-state index contributed by atoms with van der Waals surface area (Å²) in [5.41, 5.74) is 4.46. The molecular weight excluding hydrogens is 452 g/mol. The number of halogens is 1. The van der Waals surface area contributed by atoms with E-state index in [2.05, 4.69) is 20.3 Å². The van der Waals surface area contributed by atoms with E-state index >= 15 is 0 Å². The van der Waals surface area contributed by atoms with Crippen molar-refractivity contribution in [3.05, 3.63) is 65.9 Å². The summed E-state index contributed by atoms with van der Waals surface area (Å²) in [5, 5.41) is 8.60. The Hall–Kier alpha value is -3.62. The molecule has 0 aliphatic rings. The first-order valence-corrected chi connectivity index (χ1v) is 11.1. The predicted molar refractivity (Wildman–Crippen MR) is 135 cm³/mol. The molecule has 0 saturated heterocycles. The van der Waals surface area contributed by atoms with Crippen LogP contribution in [0.4, 0.5) is 11.6 Å². The number of anilines is 2. The van der Waals surface area contributed by atoms with Crippen LogP contribution in [-0.4, -0.2) is 59.5 Å². The summed E-state index contributed by atoms with van der Waals surface area (Å²) in [6, 6.07) is 15.2. The summed E-state index contributed by atoms with van der Waals surface area (Å²) in [6.07, 6.45) is 3.58. The number of rotatable bonds is 9. The monoisotopic (exact) mass is 478 g/mol. The molecule has 0 unspecified atom stereocenters. The standard InChI is InChI=1S/C25H27ClN6O2/c1-31(2)13-14-32-24(17-5-7-18(26)8-6-17)20(16-28-32)21-11-12-27-25(30-21)29-19-9-10-22(33-3)23(15-19)34-4/h5-12,15-16H,13-14H2,1-4H3,(H,27,29,30). The number of hydrogen-bond donors (Lipinski definition) is 1. The fourth-order valence-corrected chi connectivity index (χ4v) is 3.69. The van der Waals surface area contributed by atoms with Gasteiger partial charge in [0, 0.05) is 40.6 Å². The molecule has 0 radical (unpaired) electrons. The molecule has 4 aromatic rings. The third-order valence-electron chi connectivity index (χ3n) is 5.29. The molecule has 9 heteroatoms. The Bertz CT molecular complexity index is 1260. The van der Waals surface area contributed by atoms with Crippen LogP contribution < -0.4 is 14.8 Å². The maximum Gasteiger partial charge on any atom is 0.227 e. The van der Waals surface area contributed by atoms with Crippen molar-refractivity contribution < 1.29 is 9.47 Å². The molecule has 2 aromatic heterocycles. The van der Waals surface area contributed by atoms with Gasteiger partial charge in [0.05, 0.1) is 38.3 Å². The molecule has 0 aliphatic carbocycles. The zero-order valence-electron chi connectivity index (χ0n) is 19.6. The van der Waals surface area contributed by atoms with Crippen molar-refractivity contribution in [1.29, 1.82) is 0 Å². The van der Waals surface area contributed by atoms with Crippen LogP contribution in [0.15, 0.2) is 60.9 Å². The highest BCUT2D eigenvalue weighted by Gasteiger charge is 2.17. The van der Waals surface area contributed by atoms with Gasteiger partial charge in [0.15, 0.2) is 11.5 Å². The van der Waals surface area contributed by atoms with Crippen molar-refractivity contribution in [2.45, 2.75) is 6.54 Å². The molecule has 4 rings (SSSR count). The summed E-state index contributed by atoms with van der Waals surface area (Å²) in [7, 11) is 7.30. The Labute approximate surface area is 204 Å². The molecule has 0 aliphatic heterocycles. The average molecular weight is 479 g/mol. The molecule has 0 saturated carbocycles. The van der Waals surface area contributed by atoms with E-state index < -0.39 is 0 Å². The van der Waals surface area contributed by atoms with E-state index in [0.29, 0.717) is 22.5 Å². The number of benzene rings is 2. The van der Waals surface area contributed by atoms with Gasteiger partial charge in [-0.15, -0.1) is 0 Å². The number of aromatic nitrogens is 4. The van der Waals surface area contributed by atoms with E-state index in [1.165, 1.54) is 0 Å². The van der Waals surface area contributed by atoms with E-state index in [1.54, 1.807) is 20.4 Å². The Kier molecular flexibility index (Phi) is 7.30. The molecule has 2 aromatic carbocycles. The van der Waals surface area contributed by atoms with Crippen LogP contribution >= 0.6 is 11.6 Å². The van der Waals surface area contributed by atoms with Gasteiger partial charge >= 0.3 is 0 Å². The lowest BCUT2D eigenvalue weighted by Crippen LogP contribution is -2.19. The lowest BCUT2D eigenvalue weighted by atomic mass is 10.1. The molecule has 176 valence electrons. The van der Waals surface area contributed by atoms with Crippen molar-refractivity contribution >= 4 is 23.2 Å². The topological polar surface area (TPSA) is 77.3 Å². The van der Waals surface area contributed by atoms with E-state index in [9.17, 15) is 0 Å². The number of ether oxygens (including phenoxy) is 2. The summed E-state index contributed by atoms with van der Waals surface area (Å²) in [6.45, 7) is 1.60. The molecule has 0 fully saturated rings. The Morgan fingerprint density at radius 2 is 1.76 bits per heavy atom. The first-order chi connectivity index (χ1) is 16.5. The first kappa shape index (κ1) is 23.5. The summed E-state index contributed by atoms with van der Waals surface area (Å²) in [4.78, 5) is 11.3. The van der Waals surface area contributed by atoms with Crippen LogP contribution in [-0.2, 0) is 6.54 Å². The van der Waals surface area contributed by atoms with Crippen LogP contribution in [0, 0.1) is 0 Å². The molecule has 0 amide bonds. The van der Waals surface area contributed by atoms with Gasteiger partial charge < -0.3 is 19.7 Å². The highest BCUT2D eigenvalue weighted by molar-refractivity contribution is 6.30. The lowest BCUT2D eigenvalue weighted by Gasteiger charge is -2.14. The number of likely N-dealkylation sites (N-methyl/N-ethyl adjacent to an activating group) is 1. The van der Waals surface area contributed by atoms with Gasteiger partial charge in [0.1, 0.15) is 0 Å². The first-order valence-electron chi connectivity index (χ1n) is 10.8. The highest BCUT2D eigenvalue weighted by Crippen LogP contribution is 2.33. The van der Waals surface area contributed by atoms with Crippen molar-refractivity contribution in [3.8, 4) is 34.0 Å². The van der Waals surface area contributed by atoms with E-state index in [1.807, 2.05) is 73.5 Å². The van der Waals surface area contributed by atoms with Crippen molar-refractivity contribution in [2.24, 2.45) is 0 Å². The zero-order valence-corrected chi connectivity index (χ0v) is 20.4. The van der Waals surface area contributed by atoms with Gasteiger partial charge in [0.25, 0.3) is 0 Å². The van der Waals surface area contributed by atoms with Crippen LogP contribution in [0.2, 0.25) is 5.02 Å². The lowest BCUT2D eigenvalue weighted by molar-refractivity contribution is 0.355. The van der Waals surface area contributed by atoms with Crippen molar-refractivity contribution in [2.75, 3.05) is 40.2 Å². The summed E-state index contributed by atoms with van der Waals surface area (Å²) < 4.78 is 12.7. The summed E-state index contributed by atoms with van der Waals surface area (Å²) in [5.74, 6) is 1.74. The zero-order chi connectivity index (χ0) is 24.1. The average Bonchev–Trinajstić information content (AvgIpc) is 3.27. The summed E-state index contributed by atoms with van der Waals surface area (Å²) >= 11 is 6.14. The van der Waals surface area contributed by atoms with Crippen molar-refractivity contribution in [3.63, 3.8) is 0 Å². The number of nitrogens with zero attached hydrogens (tertiary/aromatic N) is 5. The number of hydrogen-bond acceptors (Lipinski definition) is 7. The minimum absolute atomic E-state index is 0.466. The van der Waals surface area contributed by atoms with Gasteiger partial charge in [-0.3, -0.25) is 4.68 Å². The molecule has 34 heavy (non-hydrogen) atoms. The minimum atomic E-state index is 0.466. The van der Waals surface area contributed by atoms with E-state index in [0.717, 1.165) is 41.3 Å². The van der Waals surface area contributed by atoms with Crippen LogP contribution in [0.25, 0.3) is 22.5 Å². The SMILES string of the molecule is COc1ccc(Nc2nccc(-c3cnn(CCN(C)C)c3-c3ccc(Cl)cc3)n2)cc1OC. The van der Waals surface area contributed by atoms with E-state index in [-0.39, 0.29) is 0 Å². The third kappa shape index (κ3) is 5.30. The second-order valence-electron chi connectivity index (χ2n) is 7.90. The molecule has 8 nitrogen and oxygen atoms in total. The smallest absolute Gasteiger partial charge is 0.227 e. The van der Waals surface area contributed by atoms with Crippen LogP contribution in [0.5, 0.6) is 11.5 Å². The molecule has 0 atom stereocenters. The Morgan fingerprint density at radius 1 is 1.00 bits per heavy atom. The van der Waals surface area contributed by atoms with Gasteiger partial charge in [-0.1, -0.05) is 23.7 Å². The van der Waals surface area contributed by atoms with Gasteiger partial charge in [0.2, 0.25) is 5.95 Å². The fourth-order valence-electron chi connectivity index (χ4n) is 3.56. The Morgan fingerprint density at radius 3 is 2.47 bits per heavy atom. The van der Waals surface area contributed by atoms with Gasteiger partial charge in [-0.25, -0.2) is 9.97 Å². The quantitative estimate of drug-likeness (QED) is 0.363. The van der Waals surface area contributed by atoms with Gasteiger partial charge in [-0.2, -0.15) is 5.10 Å². The highest BCUT2D eigenvalue weighted by atomic mass is 35.5. The predicted octanol–water partition coefficient (Wildman–Crippen LogP) is 4.98. The molecule has 2 heterocycles. The second kappa shape index (κ2) is 10.5. The van der Waals surface area contributed by atoms with Crippen LogP contribution in [0.3, 0.4) is 0 Å². The number of methoxy groups -OCH3 is 2. The number of nitrogens with one attached hydrogen (secondary N) is 1. The Balaban J connectivity index is 1.69. The van der Waals surface area contributed by atoms with Crippen LogP contribution in [0.1, 0.15) is 0 Å². The fraction of sp³-hybridized carbons (Fsp3) is 0.240.